The summed E-state index contributed by atoms with van der Waals surface area (Å²) in [5.41, 5.74) is 0. The molecule has 5 nitrogen and oxygen atoms in total. The van der Waals surface area contributed by atoms with Crippen molar-refractivity contribution in [1.82, 2.24) is 10.6 Å². The van der Waals surface area contributed by atoms with Crippen molar-refractivity contribution in [3.8, 4) is 0 Å². The van der Waals surface area contributed by atoms with Crippen LogP contribution in [0.2, 0.25) is 0 Å². The average Bonchev–Trinajstić information content (AvgIpc) is 2.24. The normalized spacial score (nSPS) is 14.4. The first-order valence-corrected chi connectivity index (χ1v) is 6.07. The molecular weight excluding hydrogens is 220 g/mol. The lowest BCUT2D eigenvalue weighted by Gasteiger charge is -2.17. The van der Waals surface area contributed by atoms with Crippen LogP contribution in [0, 0.1) is 11.8 Å². The van der Waals surface area contributed by atoms with Gasteiger partial charge in [-0.3, -0.25) is 9.59 Å². The standard InChI is InChI=1S/C12H24N2O3/c1-8(2)7-14-11(15)5-6-13-10(4)9(3)12(16)17/h8-10,13H,5-7H2,1-4H3,(H,14,15)(H,16,17). The maximum Gasteiger partial charge on any atom is 0.307 e. The Labute approximate surface area is 103 Å². The SMILES string of the molecule is CC(C)CNC(=O)CCNC(C)C(C)C(=O)O. The number of carbonyl (C=O) groups is 2. The second kappa shape index (κ2) is 8.06. The molecule has 0 heterocycles. The van der Waals surface area contributed by atoms with E-state index < -0.39 is 11.9 Å². The van der Waals surface area contributed by atoms with Gasteiger partial charge in [-0.15, -0.1) is 0 Å². The smallest absolute Gasteiger partial charge is 0.307 e. The molecular formula is C12H24N2O3. The van der Waals surface area contributed by atoms with Crippen molar-refractivity contribution in [3.63, 3.8) is 0 Å². The van der Waals surface area contributed by atoms with Crippen molar-refractivity contribution in [1.29, 1.82) is 0 Å². The summed E-state index contributed by atoms with van der Waals surface area (Å²) in [7, 11) is 0. The maximum atomic E-state index is 11.4. The van der Waals surface area contributed by atoms with Crippen LogP contribution in [-0.4, -0.2) is 36.1 Å². The highest BCUT2D eigenvalue weighted by molar-refractivity contribution is 5.76. The van der Waals surface area contributed by atoms with Crippen molar-refractivity contribution in [3.05, 3.63) is 0 Å². The van der Waals surface area contributed by atoms with E-state index in [0.717, 1.165) is 0 Å². The predicted molar refractivity (Wildman–Crippen MR) is 66.7 cm³/mol. The molecule has 0 bridgehead atoms. The van der Waals surface area contributed by atoms with Gasteiger partial charge < -0.3 is 15.7 Å². The fourth-order valence-corrected chi connectivity index (χ4v) is 1.21. The van der Waals surface area contributed by atoms with Crippen molar-refractivity contribution in [2.24, 2.45) is 11.8 Å². The summed E-state index contributed by atoms with van der Waals surface area (Å²) in [6, 6.07) is -0.134. The maximum absolute atomic E-state index is 11.4. The topological polar surface area (TPSA) is 78.4 Å². The van der Waals surface area contributed by atoms with Gasteiger partial charge >= 0.3 is 5.97 Å². The van der Waals surface area contributed by atoms with Gasteiger partial charge in [0, 0.05) is 25.6 Å². The number of amides is 1. The summed E-state index contributed by atoms with van der Waals surface area (Å²) in [5, 5.41) is 14.6. The highest BCUT2D eigenvalue weighted by Crippen LogP contribution is 2.01. The van der Waals surface area contributed by atoms with Gasteiger partial charge in [-0.1, -0.05) is 20.8 Å². The van der Waals surface area contributed by atoms with Crippen molar-refractivity contribution in [2.75, 3.05) is 13.1 Å². The number of nitrogens with one attached hydrogen (secondary N) is 2. The third kappa shape index (κ3) is 7.74. The first-order valence-electron chi connectivity index (χ1n) is 6.07. The Morgan fingerprint density at radius 1 is 1.18 bits per heavy atom. The zero-order valence-electron chi connectivity index (χ0n) is 11.1. The summed E-state index contributed by atoms with van der Waals surface area (Å²) < 4.78 is 0. The predicted octanol–water partition coefficient (Wildman–Crippen LogP) is 0.847. The molecule has 2 atom stereocenters. The number of rotatable bonds is 8. The van der Waals surface area contributed by atoms with Gasteiger partial charge in [-0.25, -0.2) is 0 Å². The Kier molecular flexibility index (Phi) is 7.54. The Balaban J connectivity index is 3.69. The van der Waals surface area contributed by atoms with Crippen molar-refractivity contribution in [2.45, 2.75) is 40.2 Å². The molecule has 0 fully saturated rings. The molecule has 0 spiro atoms. The molecule has 0 aromatic heterocycles. The Hall–Kier alpha value is -1.10. The van der Waals surface area contributed by atoms with Gasteiger partial charge in [-0.2, -0.15) is 0 Å². The zero-order valence-corrected chi connectivity index (χ0v) is 11.1. The van der Waals surface area contributed by atoms with Crippen LogP contribution in [0.5, 0.6) is 0 Å². The van der Waals surface area contributed by atoms with E-state index in [-0.39, 0.29) is 11.9 Å². The van der Waals surface area contributed by atoms with E-state index in [1.807, 2.05) is 20.8 Å². The van der Waals surface area contributed by atoms with Crippen molar-refractivity contribution >= 4 is 11.9 Å². The number of carboxylic acids is 1. The summed E-state index contributed by atoms with van der Waals surface area (Å²) in [4.78, 5) is 22.1. The molecule has 1 amide bonds. The summed E-state index contributed by atoms with van der Waals surface area (Å²) in [5.74, 6) is -0.831. The third-order valence-electron chi connectivity index (χ3n) is 2.67. The van der Waals surface area contributed by atoms with Crippen LogP contribution in [0.25, 0.3) is 0 Å². The molecule has 0 rings (SSSR count). The quantitative estimate of drug-likeness (QED) is 0.591. The first kappa shape index (κ1) is 15.9. The molecule has 0 saturated carbocycles. The molecule has 0 aliphatic heterocycles. The Morgan fingerprint density at radius 3 is 2.24 bits per heavy atom. The first-order chi connectivity index (χ1) is 7.84. The minimum Gasteiger partial charge on any atom is -0.481 e. The minimum atomic E-state index is -0.825. The van der Waals surface area contributed by atoms with E-state index in [9.17, 15) is 9.59 Å². The van der Waals surface area contributed by atoms with Crippen LogP contribution < -0.4 is 10.6 Å². The van der Waals surface area contributed by atoms with Crippen LogP contribution in [0.3, 0.4) is 0 Å². The largest absolute Gasteiger partial charge is 0.481 e. The summed E-state index contributed by atoms with van der Waals surface area (Å²) >= 11 is 0. The lowest BCUT2D eigenvalue weighted by molar-refractivity contribution is -0.141. The fourth-order valence-electron chi connectivity index (χ4n) is 1.21. The molecule has 0 aromatic rings. The second-order valence-electron chi connectivity index (χ2n) is 4.82. The molecule has 17 heavy (non-hydrogen) atoms. The molecule has 0 radical (unpaired) electrons. The van der Waals surface area contributed by atoms with Gasteiger partial charge in [0.05, 0.1) is 5.92 Å². The molecule has 3 N–H and O–H groups in total. The average molecular weight is 244 g/mol. The van der Waals surface area contributed by atoms with Crippen LogP contribution in [0.15, 0.2) is 0 Å². The van der Waals surface area contributed by atoms with Gasteiger partial charge in [0.15, 0.2) is 0 Å². The summed E-state index contributed by atoms with van der Waals surface area (Å²) in [6.45, 7) is 8.72. The fraction of sp³-hybridized carbons (Fsp3) is 0.833. The molecule has 0 aromatic carbocycles. The number of carboxylic acid groups (broad SMARTS) is 1. The zero-order chi connectivity index (χ0) is 13.4. The van der Waals surface area contributed by atoms with Gasteiger partial charge in [0.1, 0.15) is 0 Å². The number of carbonyl (C=O) groups excluding carboxylic acids is 1. The molecule has 100 valence electrons. The van der Waals surface area contributed by atoms with Crippen LogP contribution in [0.4, 0.5) is 0 Å². The van der Waals surface area contributed by atoms with Crippen LogP contribution in [-0.2, 0) is 9.59 Å². The molecule has 5 heteroatoms. The minimum absolute atomic E-state index is 0.00128. The van der Waals surface area contributed by atoms with Crippen LogP contribution >= 0.6 is 0 Å². The highest BCUT2D eigenvalue weighted by atomic mass is 16.4. The lowest BCUT2D eigenvalue weighted by atomic mass is 10.0. The van der Waals surface area contributed by atoms with E-state index in [0.29, 0.717) is 25.4 Å². The number of hydrogen-bond donors (Lipinski definition) is 3. The van der Waals surface area contributed by atoms with E-state index in [2.05, 4.69) is 10.6 Å². The molecule has 2 unspecified atom stereocenters. The second-order valence-corrected chi connectivity index (χ2v) is 4.82. The lowest BCUT2D eigenvalue weighted by Crippen LogP contribution is -2.38. The van der Waals surface area contributed by atoms with Crippen molar-refractivity contribution < 1.29 is 14.7 Å². The van der Waals surface area contributed by atoms with Gasteiger partial charge in [-0.05, 0) is 12.8 Å². The van der Waals surface area contributed by atoms with Crippen LogP contribution in [0.1, 0.15) is 34.1 Å². The monoisotopic (exact) mass is 244 g/mol. The number of hydrogen-bond acceptors (Lipinski definition) is 3. The van der Waals surface area contributed by atoms with Gasteiger partial charge in [0.2, 0.25) is 5.91 Å². The molecule has 0 aliphatic carbocycles. The third-order valence-corrected chi connectivity index (χ3v) is 2.67. The van der Waals surface area contributed by atoms with E-state index in [1.54, 1.807) is 6.92 Å². The van der Waals surface area contributed by atoms with Gasteiger partial charge in [0.25, 0.3) is 0 Å². The summed E-state index contributed by atoms with van der Waals surface area (Å²) in [6.07, 6.45) is 0.378. The highest BCUT2D eigenvalue weighted by Gasteiger charge is 2.18. The Morgan fingerprint density at radius 2 is 1.76 bits per heavy atom. The molecule has 0 saturated heterocycles. The van der Waals surface area contributed by atoms with E-state index >= 15 is 0 Å². The van der Waals surface area contributed by atoms with E-state index in [1.165, 1.54) is 0 Å². The van der Waals surface area contributed by atoms with E-state index in [4.69, 9.17) is 5.11 Å². The Bertz CT molecular complexity index is 254. The number of aliphatic carboxylic acids is 1. The molecule has 0 aliphatic rings.